The van der Waals surface area contributed by atoms with E-state index < -0.39 is 21.9 Å². The van der Waals surface area contributed by atoms with Gasteiger partial charge in [-0.15, -0.1) is 11.3 Å². The molecule has 29 heavy (non-hydrogen) atoms. The van der Waals surface area contributed by atoms with Crippen LogP contribution < -0.4 is 10.9 Å². The first kappa shape index (κ1) is 21.1. The first-order valence-electron chi connectivity index (χ1n) is 8.48. The van der Waals surface area contributed by atoms with Gasteiger partial charge in [-0.05, 0) is 41.0 Å². The van der Waals surface area contributed by atoms with Gasteiger partial charge in [-0.1, -0.05) is 12.1 Å². The molecule has 10 heteroatoms. The van der Waals surface area contributed by atoms with E-state index >= 15 is 0 Å². The van der Waals surface area contributed by atoms with Gasteiger partial charge in [0.25, 0.3) is 0 Å². The zero-order valence-electron chi connectivity index (χ0n) is 15.7. The second kappa shape index (κ2) is 8.37. The summed E-state index contributed by atoms with van der Waals surface area (Å²) in [6.45, 7) is 0. The molecule has 0 aliphatic carbocycles. The molecule has 7 nitrogen and oxygen atoms in total. The van der Waals surface area contributed by atoms with Crippen LogP contribution in [0.25, 0.3) is 11.1 Å². The van der Waals surface area contributed by atoms with Crippen molar-refractivity contribution in [1.29, 1.82) is 0 Å². The average Bonchev–Trinajstić information content (AvgIpc) is 3.17. The van der Waals surface area contributed by atoms with Gasteiger partial charge in [0, 0.05) is 31.7 Å². The Labute approximate surface area is 172 Å². The molecule has 0 atom stereocenters. The van der Waals surface area contributed by atoms with Crippen LogP contribution in [0.3, 0.4) is 0 Å². The Morgan fingerprint density at radius 3 is 2.62 bits per heavy atom. The third kappa shape index (κ3) is 4.67. The van der Waals surface area contributed by atoms with Crippen LogP contribution >= 0.6 is 11.3 Å². The Balaban J connectivity index is 1.77. The first-order chi connectivity index (χ1) is 13.7. The van der Waals surface area contributed by atoms with Gasteiger partial charge in [-0.25, -0.2) is 28.6 Å². The largest absolute Gasteiger partial charge is 0.273 e. The van der Waals surface area contributed by atoms with E-state index in [4.69, 9.17) is 5.84 Å². The molecule has 0 unspecified atom stereocenters. The Morgan fingerprint density at radius 1 is 1.17 bits per heavy atom. The van der Waals surface area contributed by atoms with E-state index in [1.165, 1.54) is 49.8 Å². The lowest BCUT2D eigenvalue weighted by atomic mass is 10.1. The van der Waals surface area contributed by atoms with E-state index in [9.17, 15) is 17.6 Å². The number of benzene rings is 1. The number of thiophene rings is 1. The zero-order valence-corrected chi connectivity index (χ0v) is 17.4. The number of hydrazine groups is 1. The molecule has 0 radical (unpaired) electrons. The van der Waals surface area contributed by atoms with Crippen molar-refractivity contribution in [1.82, 2.24) is 9.29 Å². The predicted octanol–water partition coefficient (Wildman–Crippen LogP) is 2.65. The van der Waals surface area contributed by atoms with Gasteiger partial charge in [-0.2, -0.15) is 4.39 Å². The summed E-state index contributed by atoms with van der Waals surface area (Å²) in [6, 6.07) is 10.8. The topological polar surface area (TPSA) is 96.6 Å². The molecule has 0 spiro atoms. The molecule has 0 saturated heterocycles. The van der Waals surface area contributed by atoms with E-state index in [-0.39, 0.29) is 11.3 Å². The molecule has 0 fully saturated rings. The molecule has 2 aromatic heterocycles. The maximum Gasteiger partial charge on any atom is 0.246 e. The van der Waals surface area contributed by atoms with Crippen LogP contribution in [0.5, 0.6) is 0 Å². The Morgan fingerprint density at radius 2 is 1.93 bits per heavy atom. The van der Waals surface area contributed by atoms with Crippen molar-refractivity contribution in [2.24, 2.45) is 5.84 Å². The number of amides is 1. The molecule has 2 N–H and O–H groups in total. The van der Waals surface area contributed by atoms with E-state index in [0.717, 1.165) is 9.31 Å². The van der Waals surface area contributed by atoms with Crippen molar-refractivity contribution >= 4 is 32.3 Å². The summed E-state index contributed by atoms with van der Waals surface area (Å²) >= 11 is 1.24. The molecule has 0 aliphatic heterocycles. The van der Waals surface area contributed by atoms with Crippen molar-refractivity contribution < 1.29 is 17.6 Å². The molecule has 0 aliphatic rings. The third-order valence-electron chi connectivity index (χ3n) is 4.18. The fourth-order valence-corrected chi connectivity index (χ4v) is 4.43. The molecule has 152 valence electrons. The number of sulfonamides is 1. The lowest BCUT2D eigenvalue weighted by Gasteiger charge is -2.15. The molecule has 2 heterocycles. The molecule has 0 saturated carbocycles. The standard InChI is InChI=1S/C19H19FN4O3S2/c1-23(2)29(26,27)16-5-3-4-13(8-16)9-18(25)24(21)19-11-15(12-28-19)14-6-7-22-17(20)10-14/h3-8,10-12H,9,21H2,1-2H3. The summed E-state index contributed by atoms with van der Waals surface area (Å²) in [4.78, 5) is 16.2. The van der Waals surface area contributed by atoms with E-state index in [0.29, 0.717) is 21.7 Å². The number of rotatable bonds is 6. The van der Waals surface area contributed by atoms with Gasteiger partial charge in [-0.3, -0.25) is 4.79 Å². The summed E-state index contributed by atoms with van der Waals surface area (Å²) in [7, 11) is -0.710. The highest BCUT2D eigenvalue weighted by atomic mass is 32.2. The monoisotopic (exact) mass is 434 g/mol. The first-order valence-corrected chi connectivity index (χ1v) is 10.8. The van der Waals surface area contributed by atoms with Gasteiger partial charge in [0.2, 0.25) is 21.9 Å². The zero-order chi connectivity index (χ0) is 21.2. The maximum atomic E-state index is 13.3. The highest BCUT2D eigenvalue weighted by molar-refractivity contribution is 7.89. The summed E-state index contributed by atoms with van der Waals surface area (Å²) in [5.74, 6) is 4.96. The van der Waals surface area contributed by atoms with Gasteiger partial charge in [0.05, 0.1) is 11.3 Å². The smallest absolute Gasteiger partial charge is 0.246 e. The fraction of sp³-hybridized carbons (Fsp3) is 0.158. The fourth-order valence-electron chi connectivity index (χ4n) is 2.59. The Kier molecular flexibility index (Phi) is 6.08. The molecular weight excluding hydrogens is 415 g/mol. The number of pyridine rings is 1. The normalized spacial score (nSPS) is 11.6. The van der Waals surface area contributed by atoms with Crippen molar-refractivity contribution in [2.75, 3.05) is 19.1 Å². The number of carbonyl (C=O) groups excluding carboxylic acids is 1. The van der Waals surface area contributed by atoms with Crippen LogP contribution in [-0.4, -0.2) is 37.7 Å². The van der Waals surface area contributed by atoms with Crippen molar-refractivity contribution in [3.63, 3.8) is 0 Å². The molecular formula is C19H19FN4O3S2. The van der Waals surface area contributed by atoms with Crippen LogP contribution in [-0.2, 0) is 21.2 Å². The van der Waals surface area contributed by atoms with Crippen LogP contribution in [0.15, 0.2) is 58.9 Å². The number of carbonyl (C=O) groups is 1. The summed E-state index contributed by atoms with van der Waals surface area (Å²) in [5, 5.41) is 3.26. The van der Waals surface area contributed by atoms with E-state index in [2.05, 4.69) is 4.98 Å². The lowest BCUT2D eigenvalue weighted by molar-refractivity contribution is -0.118. The van der Waals surface area contributed by atoms with Gasteiger partial charge < -0.3 is 0 Å². The predicted molar refractivity (Wildman–Crippen MR) is 110 cm³/mol. The minimum absolute atomic E-state index is 0.0651. The average molecular weight is 435 g/mol. The second-order valence-corrected chi connectivity index (χ2v) is 9.46. The quantitative estimate of drug-likeness (QED) is 0.278. The van der Waals surface area contributed by atoms with E-state index in [1.807, 2.05) is 0 Å². The number of nitrogens with two attached hydrogens (primary N) is 1. The summed E-state index contributed by atoms with van der Waals surface area (Å²) in [6.07, 6.45) is 1.30. The minimum atomic E-state index is -3.59. The molecule has 3 rings (SSSR count). The van der Waals surface area contributed by atoms with Crippen molar-refractivity contribution in [2.45, 2.75) is 11.3 Å². The molecule has 3 aromatic rings. The van der Waals surface area contributed by atoms with Gasteiger partial charge in [0.1, 0.15) is 5.00 Å². The number of hydrogen-bond donors (Lipinski definition) is 1. The van der Waals surface area contributed by atoms with Crippen LogP contribution in [0.1, 0.15) is 5.56 Å². The van der Waals surface area contributed by atoms with Gasteiger partial charge >= 0.3 is 0 Å². The van der Waals surface area contributed by atoms with Gasteiger partial charge in [0.15, 0.2) is 0 Å². The minimum Gasteiger partial charge on any atom is -0.273 e. The lowest BCUT2D eigenvalue weighted by Crippen LogP contribution is -2.38. The number of anilines is 1. The number of aromatic nitrogens is 1. The van der Waals surface area contributed by atoms with Crippen molar-refractivity contribution in [3.05, 3.63) is 65.6 Å². The molecule has 1 aromatic carbocycles. The van der Waals surface area contributed by atoms with Crippen LogP contribution in [0.4, 0.5) is 9.39 Å². The second-order valence-electron chi connectivity index (χ2n) is 6.42. The SMILES string of the molecule is CN(C)S(=O)(=O)c1cccc(CC(=O)N(N)c2cc(-c3ccnc(F)c3)cs2)c1. The van der Waals surface area contributed by atoms with Crippen molar-refractivity contribution in [3.8, 4) is 11.1 Å². The number of nitrogens with zero attached hydrogens (tertiary/aromatic N) is 3. The van der Waals surface area contributed by atoms with E-state index in [1.54, 1.807) is 29.6 Å². The highest BCUT2D eigenvalue weighted by Crippen LogP contribution is 2.31. The Hall–Kier alpha value is -2.66. The number of halogens is 1. The molecule has 0 bridgehead atoms. The number of hydrogen-bond acceptors (Lipinski definition) is 6. The Bertz CT molecular complexity index is 1150. The summed E-state index contributed by atoms with van der Waals surface area (Å²) in [5.41, 5.74) is 1.87. The highest BCUT2D eigenvalue weighted by Gasteiger charge is 2.19. The maximum absolute atomic E-state index is 13.3. The summed E-state index contributed by atoms with van der Waals surface area (Å²) < 4.78 is 38.9. The van der Waals surface area contributed by atoms with Crippen LogP contribution in [0.2, 0.25) is 0 Å². The third-order valence-corrected chi connectivity index (χ3v) is 6.92. The molecule has 1 amide bonds. The van der Waals surface area contributed by atoms with Crippen LogP contribution in [0, 0.1) is 5.95 Å².